The van der Waals surface area contributed by atoms with E-state index in [1.54, 1.807) is 0 Å². The molecule has 336 valence electrons. The molecule has 0 N–H and O–H groups in total. The number of ether oxygens (including phenoxy) is 6. The fraction of sp³-hybridized carbons (Fsp3) is 0.246. The van der Waals surface area contributed by atoms with Crippen molar-refractivity contribution in [1.29, 1.82) is 0 Å². The molecular formula is C57H54FNO7. The third-order valence-electron chi connectivity index (χ3n) is 12.3. The van der Waals surface area contributed by atoms with Gasteiger partial charge >= 0.3 is 6.09 Å². The lowest BCUT2D eigenvalue weighted by Crippen LogP contribution is -2.58. The Hall–Kier alpha value is -6.46. The number of benzene rings is 7. The van der Waals surface area contributed by atoms with Crippen LogP contribution in [-0.4, -0.2) is 61.0 Å². The van der Waals surface area contributed by atoms with Crippen LogP contribution in [0, 0.1) is 0 Å². The van der Waals surface area contributed by atoms with Gasteiger partial charge in [0, 0.05) is 12.5 Å². The van der Waals surface area contributed by atoms with E-state index in [1.807, 2.05) is 176 Å². The number of hydrogen-bond donors (Lipinski definition) is 0. The quantitative estimate of drug-likeness (QED) is 0.0850. The minimum Gasteiger partial charge on any atom is -0.448 e. The van der Waals surface area contributed by atoms with Gasteiger partial charge in [0.2, 0.25) is 6.36 Å². The molecule has 7 aromatic rings. The highest BCUT2D eigenvalue weighted by Gasteiger charge is 2.53. The Morgan fingerprint density at radius 3 is 1.38 bits per heavy atom. The summed E-state index contributed by atoms with van der Waals surface area (Å²) in [4.78, 5) is 16.5. The van der Waals surface area contributed by atoms with E-state index in [0.29, 0.717) is 0 Å². The number of amides is 1. The van der Waals surface area contributed by atoms with Crippen LogP contribution in [-0.2, 0) is 61.4 Å². The van der Waals surface area contributed by atoms with E-state index < -0.39 is 42.9 Å². The van der Waals surface area contributed by atoms with Crippen molar-refractivity contribution in [1.82, 2.24) is 4.90 Å². The lowest BCUT2D eigenvalue weighted by atomic mass is 9.96. The van der Waals surface area contributed by atoms with Gasteiger partial charge in [-0.15, -0.1) is 0 Å². The zero-order valence-electron chi connectivity index (χ0n) is 36.7. The Morgan fingerprint density at radius 2 is 0.879 bits per heavy atom. The van der Waals surface area contributed by atoms with Crippen LogP contribution < -0.4 is 0 Å². The van der Waals surface area contributed by atoms with Gasteiger partial charge in [0.1, 0.15) is 37.1 Å². The number of halogens is 1. The normalized spacial score (nSPS) is 20.2. The average Bonchev–Trinajstić information content (AvgIpc) is 3.64. The zero-order valence-corrected chi connectivity index (χ0v) is 36.7. The van der Waals surface area contributed by atoms with Crippen molar-refractivity contribution in [2.45, 2.75) is 75.7 Å². The molecule has 0 bridgehead atoms. The second-order valence-corrected chi connectivity index (χ2v) is 16.7. The summed E-state index contributed by atoms with van der Waals surface area (Å²) in [7, 11) is 0. The van der Waals surface area contributed by atoms with Gasteiger partial charge in [-0.1, -0.05) is 200 Å². The van der Waals surface area contributed by atoms with Crippen LogP contribution in [0.5, 0.6) is 0 Å². The van der Waals surface area contributed by atoms with Gasteiger partial charge in [0.15, 0.2) is 0 Å². The summed E-state index contributed by atoms with van der Waals surface area (Å²) < 4.78 is 58.2. The molecule has 6 atom stereocenters. The SMILES string of the molecule is O=C(OCC1c2ccccc2-c2ccccc21)N(Cc1ccccc1)[C@@H]1C(F)O[C@H](COCc2ccccc2)[C@@H](OCc2ccccc2)[C@H](OCc2ccccc2)[C@H]1OCc1ccccc1. The molecular weight excluding hydrogens is 830 g/mol. The molecule has 0 radical (unpaired) electrons. The van der Waals surface area contributed by atoms with Crippen molar-refractivity contribution in [3.8, 4) is 11.1 Å². The molecule has 1 amide bonds. The number of carbonyl (C=O) groups is 1. The van der Waals surface area contributed by atoms with Gasteiger partial charge in [-0.25, -0.2) is 9.18 Å². The smallest absolute Gasteiger partial charge is 0.410 e. The predicted molar refractivity (Wildman–Crippen MR) is 252 cm³/mol. The van der Waals surface area contributed by atoms with Gasteiger partial charge in [0.05, 0.1) is 33.0 Å². The van der Waals surface area contributed by atoms with Crippen LogP contribution in [0.3, 0.4) is 0 Å². The standard InChI is InChI=1S/C57H54FNO7/c58-56-52(59(34-41-20-6-1-7-21-41)57(60)65-39-50-48-32-18-16-30-46(48)47-31-17-19-33-49(47)50)54(63-37-44-26-12-4-13-27-44)55(64-38-45-28-14-5-15-29-45)53(62-36-43-24-10-3-11-25-43)51(66-56)40-61-35-42-22-8-2-9-23-42/h1-33,50-56H,34-40H2/t51-,52+,53-,54+,55+,56?/m1/s1. The van der Waals surface area contributed by atoms with Gasteiger partial charge < -0.3 is 28.4 Å². The topological polar surface area (TPSA) is 75.7 Å². The second kappa shape index (κ2) is 22.2. The van der Waals surface area contributed by atoms with Gasteiger partial charge in [-0.05, 0) is 50.1 Å². The summed E-state index contributed by atoms with van der Waals surface area (Å²) in [6, 6.07) is 63.5. The third kappa shape index (κ3) is 11.0. The largest absolute Gasteiger partial charge is 0.448 e. The molecule has 1 heterocycles. The molecule has 8 nitrogen and oxygen atoms in total. The van der Waals surface area contributed by atoms with Gasteiger partial charge in [-0.3, -0.25) is 4.90 Å². The highest BCUT2D eigenvalue weighted by molar-refractivity contribution is 5.79. The molecule has 1 saturated heterocycles. The first-order valence-corrected chi connectivity index (χ1v) is 22.6. The zero-order chi connectivity index (χ0) is 44.9. The Balaban J connectivity index is 1.11. The fourth-order valence-electron chi connectivity index (χ4n) is 9.02. The molecule has 0 aromatic heterocycles. The van der Waals surface area contributed by atoms with E-state index in [-0.39, 0.29) is 52.1 Å². The minimum atomic E-state index is -2.10. The molecule has 9 heteroatoms. The molecule has 0 spiro atoms. The molecule has 0 saturated carbocycles. The molecule has 2 aliphatic rings. The van der Waals surface area contributed by atoms with E-state index in [0.717, 1.165) is 50.1 Å². The highest BCUT2D eigenvalue weighted by Crippen LogP contribution is 2.45. The molecule has 66 heavy (non-hydrogen) atoms. The Morgan fingerprint density at radius 1 is 0.470 bits per heavy atom. The average molecular weight is 884 g/mol. The van der Waals surface area contributed by atoms with E-state index in [1.165, 1.54) is 4.90 Å². The lowest BCUT2D eigenvalue weighted by molar-refractivity contribution is -0.188. The maximum atomic E-state index is 18.1. The summed E-state index contributed by atoms with van der Waals surface area (Å²) >= 11 is 0. The maximum absolute atomic E-state index is 18.1. The van der Waals surface area contributed by atoms with Crippen molar-refractivity contribution in [3.05, 3.63) is 239 Å². The van der Waals surface area contributed by atoms with Crippen LogP contribution in [0.4, 0.5) is 9.18 Å². The third-order valence-corrected chi connectivity index (χ3v) is 12.3. The Kier molecular flexibility index (Phi) is 15.0. The number of fused-ring (bicyclic) bond motifs is 3. The van der Waals surface area contributed by atoms with Crippen molar-refractivity contribution in [3.63, 3.8) is 0 Å². The number of hydrogen-bond acceptors (Lipinski definition) is 7. The van der Waals surface area contributed by atoms with Crippen molar-refractivity contribution >= 4 is 6.09 Å². The van der Waals surface area contributed by atoms with E-state index >= 15 is 9.18 Å². The summed E-state index contributed by atoms with van der Waals surface area (Å²) in [5.41, 5.74) is 8.73. The molecule has 1 fully saturated rings. The van der Waals surface area contributed by atoms with Crippen LogP contribution in [0.1, 0.15) is 44.9 Å². The van der Waals surface area contributed by atoms with E-state index in [2.05, 4.69) is 24.3 Å². The second-order valence-electron chi connectivity index (χ2n) is 16.7. The molecule has 9 rings (SSSR count). The molecule has 1 aliphatic heterocycles. The number of alkyl halides is 1. The van der Waals surface area contributed by atoms with E-state index in [4.69, 9.17) is 28.4 Å². The fourth-order valence-corrected chi connectivity index (χ4v) is 9.02. The van der Waals surface area contributed by atoms with E-state index in [9.17, 15) is 0 Å². The van der Waals surface area contributed by atoms with Gasteiger partial charge in [0.25, 0.3) is 0 Å². The van der Waals surface area contributed by atoms with Crippen molar-refractivity contribution in [2.75, 3.05) is 13.2 Å². The first kappa shape index (κ1) is 44.7. The number of rotatable bonds is 18. The van der Waals surface area contributed by atoms with Crippen LogP contribution in [0.2, 0.25) is 0 Å². The molecule has 7 aromatic carbocycles. The monoisotopic (exact) mass is 883 g/mol. The lowest BCUT2D eigenvalue weighted by Gasteiger charge is -2.40. The van der Waals surface area contributed by atoms with Gasteiger partial charge in [-0.2, -0.15) is 0 Å². The Labute approximate surface area is 386 Å². The molecule has 1 unspecified atom stereocenters. The number of carbonyl (C=O) groups excluding carboxylic acids is 1. The van der Waals surface area contributed by atoms with Crippen LogP contribution in [0.15, 0.2) is 200 Å². The van der Waals surface area contributed by atoms with Crippen molar-refractivity contribution < 1.29 is 37.6 Å². The summed E-state index contributed by atoms with van der Waals surface area (Å²) in [5.74, 6) is -0.222. The maximum Gasteiger partial charge on any atom is 0.410 e. The summed E-state index contributed by atoms with van der Waals surface area (Å²) in [5, 5.41) is 0. The van der Waals surface area contributed by atoms with Crippen molar-refractivity contribution in [2.24, 2.45) is 0 Å². The summed E-state index contributed by atoms with van der Waals surface area (Å²) in [6.07, 6.45) is -6.89. The number of nitrogens with zero attached hydrogens (tertiary/aromatic N) is 1. The van der Waals surface area contributed by atoms with Crippen LogP contribution in [0.25, 0.3) is 11.1 Å². The first-order chi connectivity index (χ1) is 32.6. The summed E-state index contributed by atoms with van der Waals surface area (Å²) in [6.45, 7) is 0.648. The Bertz CT molecular complexity index is 2520. The molecule has 1 aliphatic carbocycles. The first-order valence-electron chi connectivity index (χ1n) is 22.6. The highest BCUT2D eigenvalue weighted by atomic mass is 19.1. The van der Waals surface area contributed by atoms with Crippen LogP contribution >= 0.6 is 0 Å². The minimum absolute atomic E-state index is 0.00667. The predicted octanol–water partition coefficient (Wildman–Crippen LogP) is 11.5.